The Morgan fingerprint density at radius 2 is 1.57 bits per heavy atom. The minimum Gasteiger partial charge on any atom is -0.481 e. The molecule has 5 aliphatic carbocycles. The summed E-state index contributed by atoms with van der Waals surface area (Å²) in [7, 11) is 0. The molecule has 0 aliphatic heterocycles. The number of ketones is 1. The van der Waals surface area contributed by atoms with Crippen LogP contribution in [0.2, 0.25) is 10.0 Å². The molecule has 4 saturated carbocycles. The van der Waals surface area contributed by atoms with Gasteiger partial charge in [-0.05, 0) is 147 Å². The van der Waals surface area contributed by atoms with Crippen molar-refractivity contribution in [1.29, 1.82) is 0 Å². The minimum atomic E-state index is -1.18. The Hall–Kier alpha value is -2.84. The molecule has 8 atom stereocenters. The van der Waals surface area contributed by atoms with Gasteiger partial charge in [-0.15, -0.1) is 0 Å². The number of nitrogens with zero attached hydrogens (tertiary/aromatic N) is 2. The number of Topliss-reactive ketones (excluding diaryl/α,β-unsaturated/α-hetero) is 1. The fourth-order valence-electron chi connectivity index (χ4n) is 13.8. The second-order valence-corrected chi connectivity index (χ2v) is 21.3. The summed E-state index contributed by atoms with van der Waals surface area (Å²) < 4.78 is 9.89. The molecule has 5 aliphatic rings. The van der Waals surface area contributed by atoms with E-state index in [0.717, 1.165) is 62.6 Å². The normalized spacial score (nSPS) is 35.1. The van der Waals surface area contributed by atoms with Crippen LogP contribution in [0.1, 0.15) is 139 Å². The first-order chi connectivity index (χ1) is 26.0. The average molecular weight is 810 g/mol. The van der Waals surface area contributed by atoms with Gasteiger partial charge < -0.3 is 9.84 Å². The number of carbonyl (C=O) groups excluding carboxylic acids is 2. The maximum absolute atomic E-state index is 14.5. The minimum absolute atomic E-state index is 0.0113. The van der Waals surface area contributed by atoms with E-state index in [-0.39, 0.29) is 62.4 Å². The summed E-state index contributed by atoms with van der Waals surface area (Å²) in [5, 5.41) is 10.4. The van der Waals surface area contributed by atoms with Crippen LogP contribution in [0.4, 0.5) is 0 Å². The van der Waals surface area contributed by atoms with Gasteiger partial charge in [0.2, 0.25) is 0 Å². The Kier molecular flexibility index (Phi) is 10.0. The van der Waals surface area contributed by atoms with E-state index < -0.39 is 22.8 Å². The molecule has 306 valence electrons. The fourth-order valence-corrected chi connectivity index (χ4v) is 14.3. The van der Waals surface area contributed by atoms with Gasteiger partial charge in [0.1, 0.15) is 11.1 Å². The Morgan fingerprint density at radius 3 is 2.18 bits per heavy atom. The average Bonchev–Trinajstić information content (AvgIpc) is 3.56. The highest BCUT2D eigenvalue weighted by Crippen LogP contribution is 2.77. The summed E-state index contributed by atoms with van der Waals surface area (Å²) in [5.41, 5.74) is 1.20. The van der Waals surface area contributed by atoms with Gasteiger partial charge in [-0.3, -0.25) is 23.9 Å². The van der Waals surface area contributed by atoms with Crippen molar-refractivity contribution in [3.05, 3.63) is 61.5 Å². The van der Waals surface area contributed by atoms with Crippen LogP contribution >= 0.6 is 23.2 Å². The molecular weight excluding hydrogens is 747 g/mol. The predicted octanol–water partition coefficient (Wildman–Crippen LogP) is 10.6. The van der Waals surface area contributed by atoms with Gasteiger partial charge >= 0.3 is 11.9 Å². The van der Waals surface area contributed by atoms with Crippen LogP contribution in [-0.2, 0) is 31.1 Å². The van der Waals surface area contributed by atoms with Crippen molar-refractivity contribution in [3.8, 4) is 5.69 Å². The summed E-state index contributed by atoms with van der Waals surface area (Å²) in [6.45, 7) is 22.1. The lowest BCUT2D eigenvalue weighted by atomic mass is 9.33. The number of fused-ring (bicyclic) bond motifs is 7. The van der Waals surface area contributed by atoms with Crippen molar-refractivity contribution in [1.82, 2.24) is 9.36 Å². The van der Waals surface area contributed by atoms with E-state index in [1.807, 2.05) is 23.7 Å². The number of halogens is 2. The highest BCUT2D eigenvalue weighted by Gasteiger charge is 2.71. The van der Waals surface area contributed by atoms with Crippen LogP contribution in [0.15, 0.2) is 40.2 Å². The Labute approximate surface area is 342 Å². The number of esters is 1. The van der Waals surface area contributed by atoms with Crippen molar-refractivity contribution in [2.75, 3.05) is 0 Å². The Balaban J connectivity index is 1.27. The summed E-state index contributed by atoms with van der Waals surface area (Å²) in [6, 6.07) is 7.26. The number of carbonyl (C=O) groups is 3. The van der Waals surface area contributed by atoms with E-state index in [4.69, 9.17) is 27.9 Å². The topological polar surface area (TPSA) is 108 Å². The third-order valence-corrected chi connectivity index (χ3v) is 17.3. The Bertz CT molecular complexity index is 2060. The fraction of sp³-hybridized carbons (Fsp3) is 0.696. The van der Waals surface area contributed by atoms with E-state index in [9.17, 15) is 24.3 Å². The maximum Gasteiger partial charge on any atom is 0.309 e. The summed E-state index contributed by atoms with van der Waals surface area (Å²) in [5.74, 6) is -0.270. The molecule has 8 nitrogen and oxygen atoms in total. The molecule has 1 aromatic carbocycles. The molecule has 0 bridgehead atoms. The van der Waals surface area contributed by atoms with Gasteiger partial charge in [0.25, 0.3) is 5.56 Å². The van der Waals surface area contributed by atoms with Gasteiger partial charge in [-0.25, -0.2) is 4.68 Å². The molecule has 56 heavy (non-hydrogen) atoms. The van der Waals surface area contributed by atoms with E-state index in [0.29, 0.717) is 35.5 Å². The van der Waals surface area contributed by atoms with Crippen LogP contribution < -0.4 is 5.56 Å². The number of allylic oxidation sites excluding steroid dienone is 2. The van der Waals surface area contributed by atoms with Crippen LogP contribution in [-0.4, -0.2) is 38.3 Å². The molecule has 1 unspecified atom stereocenters. The molecule has 10 heteroatoms. The molecule has 2 aromatic rings. The largest absolute Gasteiger partial charge is 0.481 e. The zero-order valence-corrected chi connectivity index (χ0v) is 36.6. The monoisotopic (exact) mass is 808 g/mol. The second-order valence-electron chi connectivity index (χ2n) is 20.5. The summed E-state index contributed by atoms with van der Waals surface area (Å²) in [4.78, 5) is 53.6. The second kappa shape index (κ2) is 13.6. The van der Waals surface area contributed by atoms with E-state index in [2.05, 4.69) is 48.5 Å². The van der Waals surface area contributed by atoms with Crippen LogP contribution in [0.5, 0.6) is 0 Å². The molecule has 0 saturated heterocycles. The van der Waals surface area contributed by atoms with Crippen LogP contribution in [0.3, 0.4) is 0 Å². The van der Waals surface area contributed by atoms with Crippen molar-refractivity contribution in [2.45, 2.75) is 152 Å². The number of benzene rings is 1. The maximum atomic E-state index is 14.5. The molecule has 4 fully saturated rings. The lowest BCUT2D eigenvalue weighted by Crippen LogP contribution is -2.66. The number of ether oxygens (including phenoxy) is 1. The number of hydrogen-bond acceptors (Lipinski definition) is 5. The number of aromatic nitrogens is 2. The standard InChI is InChI=1S/C46H62Cl2N2O6/c1-11-49-38(37(48)39(53)50(49)28-14-12-27(47)13-15-28)46-23-22-44(9)29(36(46)35(26(2)3)30(51)24-46)16-17-32-43(8)20-19-33(56-34(52)25-41(4,5)40(54)55)42(6,7)31(43)18-21-45(32,44)10/h12-15,26,29,31-33H,11,16-25H2,1-10H3,(H,54,55)/t29?,31-,32+,33-,43-,44+,45+,46+/m0/s1. The number of carboxylic acid groups (broad SMARTS) is 1. The first-order valence-electron chi connectivity index (χ1n) is 21.0. The third-order valence-electron chi connectivity index (χ3n) is 16.7. The van der Waals surface area contributed by atoms with Crippen molar-refractivity contribution in [2.24, 2.45) is 50.7 Å². The van der Waals surface area contributed by atoms with Crippen molar-refractivity contribution >= 4 is 40.9 Å². The highest BCUT2D eigenvalue weighted by atomic mass is 35.5. The molecule has 1 aromatic heterocycles. The molecule has 1 N–H and O–H groups in total. The zero-order chi connectivity index (χ0) is 41.1. The molecular formula is C46H62Cl2N2O6. The van der Waals surface area contributed by atoms with Gasteiger partial charge in [-0.2, -0.15) is 0 Å². The summed E-state index contributed by atoms with van der Waals surface area (Å²) >= 11 is 13.5. The molecule has 0 radical (unpaired) electrons. The van der Waals surface area contributed by atoms with Gasteiger partial charge in [-0.1, -0.05) is 71.7 Å². The molecule has 0 amide bonds. The quantitative estimate of drug-likeness (QED) is 0.266. The smallest absolute Gasteiger partial charge is 0.309 e. The van der Waals surface area contributed by atoms with Crippen molar-refractivity contribution < 1.29 is 24.2 Å². The van der Waals surface area contributed by atoms with Gasteiger partial charge in [0.15, 0.2) is 5.78 Å². The number of carboxylic acids is 1. The summed E-state index contributed by atoms with van der Waals surface area (Å²) in [6.07, 6.45) is 7.35. The van der Waals surface area contributed by atoms with E-state index in [1.54, 1.807) is 30.7 Å². The molecule has 0 spiro atoms. The number of rotatable bonds is 8. The van der Waals surface area contributed by atoms with E-state index >= 15 is 0 Å². The van der Waals surface area contributed by atoms with Crippen LogP contribution in [0.25, 0.3) is 5.69 Å². The predicted molar refractivity (Wildman–Crippen MR) is 220 cm³/mol. The number of aliphatic carboxylic acids is 1. The SMILES string of the molecule is CCn1c([C@@]23CC[C@]4(C)C(CC[C@@H]5[C@@]6(C)CC[C@H](OC(=O)CC(C)(C)C(=O)O)C(C)(C)[C@@H]6CC[C@]54C)C2=C(C(C)C)C(=O)C3)c(Cl)c(=O)n1-c1ccc(Cl)cc1. The lowest BCUT2D eigenvalue weighted by Gasteiger charge is -2.72. The highest BCUT2D eigenvalue weighted by molar-refractivity contribution is 6.31. The van der Waals surface area contributed by atoms with Crippen molar-refractivity contribution in [3.63, 3.8) is 0 Å². The zero-order valence-electron chi connectivity index (χ0n) is 35.1. The molecule has 1 heterocycles. The first-order valence-corrected chi connectivity index (χ1v) is 21.8. The van der Waals surface area contributed by atoms with Gasteiger partial charge in [0, 0.05) is 28.8 Å². The van der Waals surface area contributed by atoms with Gasteiger partial charge in [0.05, 0.1) is 23.2 Å². The number of hydrogen-bond donors (Lipinski definition) is 1. The molecule has 7 rings (SSSR count). The first kappa shape index (κ1) is 41.3. The van der Waals surface area contributed by atoms with Crippen LogP contribution in [0, 0.1) is 50.7 Å². The van der Waals surface area contributed by atoms with E-state index in [1.165, 1.54) is 5.57 Å². The Morgan fingerprint density at radius 1 is 0.911 bits per heavy atom. The lowest BCUT2D eigenvalue weighted by molar-refractivity contribution is -0.232. The third kappa shape index (κ3) is 5.71.